The summed E-state index contributed by atoms with van der Waals surface area (Å²) in [5.74, 6) is -1.03. The van der Waals surface area contributed by atoms with Crippen LogP contribution in [0.2, 0.25) is 0 Å². The minimum absolute atomic E-state index is 0.0812. The number of rotatable bonds is 6. The third-order valence-corrected chi connectivity index (χ3v) is 2.11. The number of hydrogen-bond donors (Lipinski definition) is 3. The van der Waals surface area contributed by atoms with Gasteiger partial charge in [0.15, 0.2) is 0 Å². The van der Waals surface area contributed by atoms with Crippen LogP contribution in [-0.2, 0) is 6.54 Å². The molecule has 1 rings (SSSR count). The van der Waals surface area contributed by atoms with Gasteiger partial charge in [0.2, 0.25) is 5.76 Å². The average Bonchev–Trinajstić information content (AvgIpc) is 2.59. The van der Waals surface area contributed by atoms with Crippen molar-refractivity contribution < 1.29 is 28.2 Å². The van der Waals surface area contributed by atoms with Crippen LogP contribution in [0.1, 0.15) is 21.9 Å². The number of aliphatic hydroxyl groups excluding tert-OH is 1. The maximum atomic E-state index is 11.9. The second-order valence-corrected chi connectivity index (χ2v) is 3.56. The summed E-state index contributed by atoms with van der Waals surface area (Å²) in [6, 6.07) is 1.51. The van der Waals surface area contributed by atoms with E-state index in [1.807, 2.05) is 0 Å². The Hall–Kier alpha value is -1.47. The van der Waals surface area contributed by atoms with Crippen molar-refractivity contribution in [2.75, 3.05) is 6.54 Å². The predicted molar refractivity (Wildman–Crippen MR) is 54.1 cm³/mol. The highest BCUT2D eigenvalue weighted by molar-refractivity contribution is 5.86. The van der Waals surface area contributed by atoms with E-state index in [4.69, 9.17) is 14.6 Å². The monoisotopic (exact) mass is 249 g/mol. The molecule has 3 N–H and O–H groups in total. The fourth-order valence-corrected chi connectivity index (χ4v) is 1.28. The molecule has 0 aromatic carbocycles. The standard InChI is InChI=1S/C10H13F2NO4/c1-5-2-6(17-8(5)10(15)16)3-13-4-7(14)9(11)12/h2,7,9,13-14H,3-4H2,1H3,(H,15,16). The Morgan fingerprint density at radius 3 is 2.71 bits per heavy atom. The van der Waals surface area contributed by atoms with Crippen molar-refractivity contribution in [3.05, 3.63) is 23.2 Å². The van der Waals surface area contributed by atoms with Gasteiger partial charge in [-0.1, -0.05) is 0 Å². The lowest BCUT2D eigenvalue weighted by Crippen LogP contribution is -2.31. The van der Waals surface area contributed by atoms with Crippen molar-refractivity contribution in [2.24, 2.45) is 0 Å². The third kappa shape index (κ3) is 3.79. The van der Waals surface area contributed by atoms with E-state index in [1.165, 1.54) is 6.07 Å². The second kappa shape index (κ2) is 5.74. The number of hydrogen-bond acceptors (Lipinski definition) is 4. The molecule has 1 aromatic heterocycles. The first-order valence-electron chi connectivity index (χ1n) is 4.91. The summed E-state index contributed by atoms with van der Waals surface area (Å²) in [6.45, 7) is 1.36. The predicted octanol–water partition coefficient (Wildman–Crippen LogP) is 1.00. The van der Waals surface area contributed by atoms with Gasteiger partial charge in [-0.2, -0.15) is 0 Å². The topological polar surface area (TPSA) is 82.7 Å². The van der Waals surface area contributed by atoms with Gasteiger partial charge in [-0.05, 0) is 13.0 Å². The van der Waals surface area contributed by atoms with Crippen molar-refractivity contribution in [2.45, 2.75) is 26.0 Å². The number of nitrogens with one attached hydrogen (secondary N) is 1. The average molecular weight is 249 g/mol. The smallest absolute Gasteiger partial charge is 0.372 e. The molecule has 96 valence electrons. The summed E-state index contributed by atoms with van der Waals surface area (Å²) in [7, 11) is 0. The number of halogens is 2. The molecule has 0 fully saturated rings. The van der Waals surface area contributed by atoms with Crippen molar-refractivity contribution >= 4 is 5.97 Å². The minimum atomic E-state index is -2.81. The Morgan fingerprint density at radius 2 is 2.24 bits per heavy atom. The van der Waals surface area contributed by atoms with E-state index < -0.39 is 18.5 Å². The first-order chi connectivity index (χ1) is 7.91. The highest BCUT2D eigenvalue weighted by atomic mass is 19.3. The molecule has 0 radical (unpaired) electrons. The zero-order valence-corrected chi connectivity index (χ0v) is 9.11. The second-order valence-electron chi connectivity index (χ2n) is 3.56. The number of aryl methyl sites for hydroxylation is 1. The number of carboxylic acids is 1. The molecule has 1 aromatic rings. The molecular formula is C10H13F2NO4. The molecule has 1 atom stereocenters. The highest BCUT2D eigenvalue weighted by Gasteiger charge is 2.17. The molecule has 0 saturated carbocycles. The van der Waals surface area contributed by atoms with Crippen LogP contribution in [0, 0.1) is 6.92 Å². The third-order valence-electron chi connectivity index (χ3n) is 2.11. The molecule has 1 heterocycles. The number of furan rings is 1. The fraction of sp³-hybridized carbons (Fsp3) is 0.500. The Balaban J connectivity index is 2.48. The molecule has 0 amide bonds. The van der Waals surface area contributed by atoms with E-state index in [9.17, 15) is 13.6 Å². The van der Waals surface area contributed by atoms with E-state index in [2.05, 4.69) is 5.32 Å². The Kier molecular flexibility index (Phi) is 4.59. The summed E-state index contributed by atoms with van der Waals surface area (Å²) in [5, 5.41) is 20.1. The summed E-state index contributed by atoms with van der Waals surface area (Å²) in [4.78, 5) is 10.7. The van der Waals surface area contributed by atoms with E-state index >= 15 is 0 Å². The van der Waals surface area contributed by atoms with Crippen LogP contribution in [0.15, 0.2) is 10.5 Å². The maximum Gasteiger partial charge on any atom is 0.372 e. The van der Waals surface area contributed by atoms with Crippen LogP contribution in [0.3, 0.4) is 0 Å². The van der Waals surface area contributed by atoms with E-state index in [1.54, 1.807) is 6.92 Å². The van der Waals surface area contributed by atoms with Gasteiger partial charge in [0.05, 0.1) is 6.54 Å². The van der Waals surface area contributed by atoms with Crippen LogP contribution >= 0.6 is 0 Å². The van der Waals surface area contributed by atoms with Gasteiger partial charge in [-0.15, -0.1) is 0 Å². The van der Waals surface area contributed by atoms with Crippen molar-refractivity contribution in [3.63, 3.8) is 0 Å². The van der Waals surface area contributed by atoms with Gasteiger partial charge in [0, 0.05) is 12.1 Å². The first kappa shape index (κ1) is 13.6. The Morgan fingerprint density at radius 1 is 1.59 bits per heavy atom. The molecule has 0 aliphatic heterocycles. The lowest BCUT2D eigenvalue weighted by atomic mass is 10.2. The van der Waals surface area contributed by atoms with Crippen molar-refractivity contribution in [3.8, 4) is 0 Å². The number of aliphatic hydroxyl groups is 1. The molecule has 0 bridgehead atoms. The summed E-state index contributed by atoms with van der Waals surface area (Å²) in [6.07, 6.45) is -4.56. The molecule has 17 heavy (non-hydrogen) atoms. The summed E-state index contributed by atoms with van der Waals surface area (Å²) >= 11 is 0. The van der Waals surface area contributed by atoms with Gasteiger partial charge in [-0.25, -0.2) is 13.6 Å². The first-order valence-corrected chi connectivity index (χ1v) is 4.91. The van der Waals surface area contributed by atoms with Crippen LogP contribution in [-0.4, -0.2) is 35.3 Å². The summed E-state index contributed by atoms with van der Waals surface area (Å²) in [5.41, 5.74) is 0.462. The molecule has 0 aliphatic rings. The van der Waals surface area contributed by atoms with Gasteiger partial charge in [0.1, 0.15) is 11.9 Å². The van der Waals surface area contributed by atoms with Crippen LogP contribution in [0.25, 0.3) is 0 Å². The fourth-order valence-electron chi connectivity index (χ4n) is 1.28. The minimum Gasteiger partial charge on any atom is -0.475 e. The Labute approximate surface area is 96.0 Å². The molecule has 7 heteroatoms. The quantitative estimate of drug-likeness (QED) is 0.700. The number of alkyl halides is 2. The molecule has 5 nitrogen and oxygen atoms in total. The van der Waals surface area contributed by atoms with Gasteiger partial charge < -0.3 is 19.9 Å². The van der Waals surface area contributed by atoms with E-state index in [0.717, 1.165) is 0 Å². The zero-order chi connectivity index (χ0) is 13.0. The van der Waals surface area contributed by atoms with Crippen LogP contribution in [0.4, 0.5) is 8.78 Å². The molecule has 0 saturated heterocycles. The molecule has 0 aliphatic carbocycles. The summed E-state index contributed by atoms with van der Waals surface area (Å²) < 4.78 is 28.9. The van der Waals surface area contributed by atoms with E-state index in [0.29, 0.717) is 11.3 Å². The van der Waals surface area contributed by atoms with E-state index in [-0.39, 0.29) is 18.8 Å². The number of aromatic carboxylic acids is 1. The lowest BCUT2D eigenvalue weighted by molar-refractivity contribution is -0.00360. The van der Waals surface area contributed by atoms with Crippen LogP contribution in [0.5, 0.6) is 0 Å². The van der Waals surface area contributed by atoms with Gasteiger partial charge >= 0.3 is 5.97 Å². The van der Waals surface area contributed by atoms with Gasteiger partial charge in [-0.3, -0.25) is 0 Å². The van der Waals surface area contributed by atoms with Gasteiger partial charge in [0.25, 0.3) is 6.43 Å². The largest absolute Gasteiger partial charge is 0.475 e. The van der Waals surface area contributed by atoms with Crippen molar-refractivity contribution in [1.82, 2.24) is 5.32 Å². The zero-order valence-electron chi connectivity index (χ0n) is 9.11. The SMILES string of the molecule is Cc1cc(CNCC(O)C(F)F)oc1C(=O)O. The molecule has 1 unspecified atom stereocenters. The molecule has 0 spiro atoms. The number of carbonyl (C=O) groups is 1. The lowest BCUT2D eigenvalue weighted by Gasteiger charge is -2.09. The van der Waals surface area contributed by atoms with Crippen molar-refractivity contribution in [1.29, 1.82) is 0 Å². The normalized spacial score (nSPS) is 13.0. The molecular weight excluding hydrogens is 236 g/mol. The maximum absolute atomic E-state index is 11.9. The number of carboxylic acid groups (broad SMARTS) is 1. The Bertz CT molecular complexity index is 392. The highest BCUT2D eigenvalue weighted by Crippen LogP contribution is 2.14. The van der Waals surface area contributed by atoms with Crippen LogP contribution < -0.4 is 5.32 Å².